The maximum Gasteiger partial charge on any atom is 0.222 e. The Bertz CT molecular complexity index is 379. The van der Waals surface area contributed by atoms with Gasteiger partial charge in [-0.2, -0.15) is 0 Å². The summed E-state index contributed by atoms with van der Waals surface area (Å²) in [6.45, 7) is 10.5. The summed E-state index contributed by atoms with van der Waals surface area (Å²) in [6.07, 6.45) is 2.59. The predicted octanol–water partition coefficient (Wildman–Crippen LogP) is 2.70. The van der Waals surface area contributed by atoms with E-state index in [1.165, 1.54) is 6.33 Å². The van der Waals surface area contributed by atoms with E-state index in [-0.39, 0.29) is 12.0 Å². The van der Waals surface area contributed by atoms with Crippen molar-refractivity contribution in [3.05, 3.63) is 11.9 Å². The van der Waals surface area contributed by atoms with Crippen molar-refractivity contribution in [2.75, 3.05) is 5.43 Å². The van der Waals surface area contributed by atoms with Crippen LogP contribution in [0.25, 0.3) is 0 Å². The normalized spacial score (nSPS) is 12.9. The van der Waals surface area contributed by atoms with Gasteiger partial charge in [-0.25, -0.2) is 15.8 Å². The molecule has 0 aliphatic carbocycles. The second-order valence-corrected chi connectivity index (χ2v) is 5.30. The number of hydrazine groups is 1. The molecule has 1 atom stereocenters. The fourth-order valence-electron chi connectivity index (χ4n) is 2.01. The lowest BCUT2D eigenvalue weighted by atomic mass is 10.0. The molecule has 0 radical (unpaired) electrons. The zero-order valence-electron chi connectivity index (χ0n) is 11.9. The number of anilines is 1. The van der Waals surface area contributed by atoms with Crippen LogP contribution in [0, 0.1) is 5.92 Å². The van der Waals surface area contributed by atoms with Crippen molar-refractivity contribution in [1.82, 2.24) is 9.97 Å². The van der Waals surface area contributed by atoms with E-state index in [0.717, 1.165) is 12.0 Å². The van der Waals surface area contributed by atoms with Crippen LogP contribution in [0.2, 0.25) is 0 Å². The molecule has 3 N–H and O–H groups in total. The highest BCUT2D eigenvalue weighted by molar-refractivity contribution is 5.49. The number of nitrogens with zero attached hydrogens (tertiary/aromatic N) is 2. The van der Waals surface area contributed by atoms with E-state index in [1.807, 2.05) is 0 Å². The van der Waals surface area contributed by atoms with Gasteiger partial charge in [-0.15, -0.1) is 0 Å². The summed E-state index contributed by atoms with van der Waals surface area (Å²) >= 11 is 0. The molecule has 1 rings (SSSR count). The molecule has 18 heavy (non-hydrogen) atoms. The SMILES string of the molecule is CC(C)CC(C)Oc1ncnc(NN)c1C(C)C. The lowest BCUT2D eigenvalue weighted by molar-refractivity contribution is 0.183. The summed E-state index contributed by atoms with van der Waals surface area (Å²) < 4.78 is 5.91. The topological polar surface area (TPSA) is 73.1 Å². The van der Waals surface area contributed by atoms with Crippen molar-refractivity contribution in [3.63, 3.8) is 0 Å². The number of nitrogens with one attached hydrogen (secondary N) is 1. The van der Waals surface area contributed by atoms with E-state index in [1.54, 1.807) is 0 Å². The maximum absolute atomic E-state index is 5.91. The molecule has 0 saturated heterocycles. The molecule has 1 aromatic heterocycles. The second-order valence-electron chi connectivity index (χ2n) is 5.30. The molecule has 0 bridgehead atoms. The van der Waals surface area contributed by atoms with Gasteiger partial charge in [0.05, 0.1) is 11.7 Å². The lowest BCUT2D eigenvalue weighted by Gasteiger charge is -2.20. The molecule has 5 nitrogen and oxygen atoms in total. The molecule has 1 aromatic rings. The monoisotopic (exact) mass is 252 g/mol. The van der Waals surface area contributed by atoms with E-state index < -0.39 is 0 Å². The highest BCUT2D eigenvalue weighted by Gasteiger charge is 2.18. The number of nitrogens with two attached hydrogens (primary N) is 1. The molecule has 102 valence electrons. The standard InChI is InChI=1S/C13H24N4O/c1-8(2)6-10(5)18-13-11(9(3)4)12(17-14)15-7-16-13/h7-10H,6,14H2,1-5H3,(H,15,16,17). The van der Waals surface area contributed by atoms with Gasteiger partial charge in [0.15, 0.2) is 5.82 Å². The van der Waals surface area contributed by atoms with Crippen LogP contribution in [0.3, 0.4) is 0 Å². The molecule has 0 saturated carbocycles. The Morgan fingerprint density at radius 3 is 2.39 bits per heavy atom. The van der Waals surface area contributed by atoms with Crippen LogP contribution in [-0.2, 0) is 0 Å². The smallest absolute Gasteiger partial charge is 0.222 e. The molecule has 0 aromatic carbocycles. The molecule has 0 aliphatic rings. The lowest BCUT2D eigenvalue weighted by Crippen LogP contribution is -2.19. The van der Waals surface area contributed by atoms with E-state index in [0.29, 0.717) is 17.6 Å². The number of hydrogen-bond donors (Lipinski definition) is 2. The molecule has 1 unspecified atom stereocenters. The zero-order chi connectivity index (χ0) is 13.7. The highest BCUT2D eigenvalue weighted by Crippen LogP contribution is 2.30. The van der Waals surface area contributed by atoms with Crippen LogP contribution in [0.4, 0.5) is 5.82 Å². The van der Waals surface area contributed by atoms with Crippen LogP contribution < -0.4 is 16.0 Å². The van der Waals surface area contributed by atoms with Gasteiger partial charge in [-0.1, -0.05) is 27.7 Å². The van der Waals surface area contributed by atoms with Crippen LogP contribution in [0.5, 0.6) is 5.88 Å². The van der Waals surface area contributed by atoms with Crippen molar-refractivity contribution in [2.24, 2.45) is 11.8 Å². The summed E-state index contributed by atoms with van der Waals surface area (Å²) in [5.74, 6) is 7.57. The Kier molecular flexibility index (Phi) is 5.34. The molecule has 0 fully saturated rings. The van der Waals surface area contributed by atoms with Gasteiger partial charge < -0.3 is 10.2 Å². The Morgan fingerprint density at radius 1 is 1.22 bits per heavy atom. The first-order valence-electron chi connectivity index (χ1n) is 6.43. The molecule has 0 spiro atoms. The number of rotatable bonds is 6. The predicted molar refractivity (Wildman–Crippen MR) is 73.5 cm³/mol. The van der Waals surface area contributed by atoms with Gasteiger partial charge >= 0.3 is 0 Å². The van der Waals surface area contributed by atoms with Gasteiger partial charge in [0.1, 0.15) is 6.33 Å². The fourth-order valence-corrected chi connectivity index (χ4v) is 2.01. The number of hydrogen-bond acceptors (Lipinski definition) is 5. The van der Waals surface area contributed by atoms with E-state index >= 15 is 0 Å². The van der Waals surface area contributed by atoms with E-state index in [9.17, 15) is 0 Å². The minimum absolute atomic E-state index is 0.128. The summed E-state index contributed by atoms with van der Waals surface area (Å²) in [6, 6.07) is 0. The number of aromatic nitrogens is 2. The van der Waals surface area contributed by atoms with Gasteiger partial charge in [0, 0.05) is 0 Å². The molecule has 1 heterocycles. The first kappa shape index (κ1) is 14.7. The Hall–Kier alpha value is -1.36. The average Bonchev–Trinajstić information content (AvgIpc) is 2.26. The third kappa shape index (κ3) is 3.84. The van der Waals surface area contributed by atoms with Gasteiger partial charge in [-0.05, 0) is 25.2 Å². The van der Waals surface area contributed by atoms with Gasteiger partial charge in [0.2, 0.25) is 5.88 Å². The summed E-state index contributed by atoms with van der Waals surface area (Å²) in [5.41, 5.74) is 3.53. The minimum Gasteiger partial charge on any atom is -0.474 e. The summed E-state index contributed by atoms with van der Waals surface area (Å²) in [5, 5.41) is 0. The van der Waals surface area contributed by atoms with Crippen LogP contribution in [0.1, 0.15) is 52.5 Å². The first-order chi connectivity index (χ1) is 8.45. The van der Waals surface area contributed by atoms with Crippen LogP contribution >= 0.6 is 0 Å². The Balaban J connectivity index is 2.94. The quantitative estimate of drug-likeness (QED) is 0.601. The van der Waals surface area contributed by atoms with Crippen molar-refractivity contribution >= 4 is 5.82 Å². The largest absolute Gasteiger partial charge is 0.474 e. The number of ether oxygens (including phenoxy) is 1. The summed E-state index contributed by atoms with van der Waals surface area (Å²) in [7, 11) is 0. The van der Waals surface area contributed by atoms with Crippen LogP contribution in [-0.4, -0.2) is 16.1 Å². The molecule has 0 amide bonds. The van der Waals surface area contributed by atoms with Crippen molar-refractivity contribution < 1.29 is 4.74 Å². The van der Waals surface area contributed by atoms with Crippen molar-refractivity contribution in [1.29, 1.82) is 0 Å². The molecular formula is C13H24N4O. The van der Waals surface area contributed by atoms with Crippen molar-refractivity contribution in [3.8, 4) is 5.88 Å². The minimum atomic E-state index is 0.128. The van der Waals surface area contributed by atoms with E-state index in [4.69, 9.17) is 10.6 Å². The number of nitrogen functional groups attached to an aromatic ring is 1. The fraction of sp³-hybridized carbons (Fsp3) is 0.692. The Labute approximate surface area is 109 Å². The molecule has 5 heteroatoms. The first-order valence-corrected chi connectivity index (χ1v) is 6.43. The third-order valence-corrected chi connectivity index (χ3v) is 2.68. The van der Waals surface area contributed by atoms with Crippen molar-refractivity contribution in [2.45, 2.75) is 53.1 Å². The second kappa shape index (κ2) is 6.54. The third-order valence-electron chi connectivity index (χ3n) is 2.68. The van der Waals surface area contributed by atoms with Gasteiger partial charge in [-0.3, -0.25) is 0 Å². The molecule has 0 aliphatic heterocycles. The molecular weight excluding hydrogens is 228 g/mol. The average molecular weight is 252 g/mol. The zero-order valence-corrected chi connectivity index (χ0v) is 11.9. The van der Waals surface area contributed by atoms with E-state index in [2.05, 4.69) is 50.0 Å². The van der Waals surface area contributed by atoms with Crippen LogP contribution in [0.15, 0.2) is 6.33 Å². The Morgan fingerprint density at radius 2 is 1.89 bits per heavy atom. The maximum atomic E-state index is 5.91. The van der Waals surface area contributed by atoms with Gasteiger partial charge in [0.25, 0.3) is 0 Å². The highest BCUT2D eigenvalue weighted by atomic mass is 16.5. The summed E-state index contributed by atoms with van der Waals surface area (Å²) in [4.78, 5) is 8.35.